The second-order valence-electron chi connectivity index (χ2n) is 19.9. The van der Waals surface area contributed by atoms with Gasteiger partial charge in [0.05, 0.1) is 40.3 Å². The third kappa shape index (κ3) is 7.88. The van der Waals surface area contributed by atoms with E-state index in [1.807, 2.05) is 29.6 Å². The van der Waals surface area contributed by atoms with Crippen LogP contribution in [0.3, 0.4) is 0 Å². The molecule has 2 N–H and O–H groups in total. The number of carbonyl (C=O) groups is 2. The molecule has 2 aromatic heterocycles. The Balaban J connectivity index is 0.566. The maximum atomic E-state index is 13.0. The molecule has 0 radical (unpaired) electrons. The summed E-state index contributed by atoms with van der Waals surface area (Å²) in [7, 11) is 2.39. The number of quaternary nitrogens is 1. The molecule has 4 aromatic carbocycles. The van der Waals surface area contributed by atoms with E-state index in [9.17, 15) is 9.59 Å². The van der Waals surface area contributed by atoms with Crippen molar-refractivity contribution in [2.45, 2.75) is 98.1 Å². The van der Waals surface area contributed by atoms with Crippen molar-refractivity contribution in [2.24, 2.45) is 0 Å². The van der Waals surface area contributed by atoms with Crippen LogP contribution in [0.25, 0.3) is 22.0 Å². The van der Waals surface area contributed by atoms with Crippen LogP contribution < -0.4 is 39.0 Å². The van der Waals surface area contributed by atoms with Crippen LogP contribution in [0, 0.1) is 0 Å². The molecule has 0 bridgehead atoms. The lowest BCUT2D eigenvalue weighted by molar-refractivity contribution is -0.671. The summed E-state index contributed by atoms with van der Waals surface area (Å²) in [6.07, 6.45) is 15.0. The largest absolute Gasteiger partial charge is 0.485 e. The topological polar surface area (TPSA) is 99.9 Å². The van der Waals surface area contributed by atoms with Crippen molar-refractivity contribution in [1.82, 2.24) is 9.47 Å². The molecule has 2 amide bonds. The molecule has 0 aliphatic carbocycles. The SMILES string of the molecule is C[N@+]12CCC3Oc4cccc5c4C(=C3C1Sc1ccccc12)C=CN5CCCCCC(=O)Nc1cccc(NC(=O)CCCCC[n+]2ccc3c4c(cccc42)OC2CCN4C(=C32)Sc2ccccc24)n1. The van der Waals surface area contributed by atoms with Gasteiger partial charge in [-0.25, -0.2) is 4.98 Å². The van der Waals surface area contributed by atoms with E-state index in [1.165, 1.54) is 70.6 Å². The summed E-state index contributed by atoms with van der Waals surface area (Å²) in [4.78, 5) is 38.1. The first-order valence-electron chi connectivity index (χ1n) is 25.5. The van der Waals surface area contributed by atoms with E-state index in [-0.39, 0.29) is 24.0 Å². The van der Waals surface area contributed by atoms with E-state index >= 15 is 0 Å². The third-order valence-electron chi connectivity index (χ3n) is 15.5. The van der Waals surface area contributed by atoms with Crippen LogP contribution in [0.2, 0.25) is 0 Å². The van der Waals surface area contributed by atoms with Gasteiger partial charge in [-0.1, -0.05) is 72.4 Å². The highest BCUT2D eigenvalue weighted by atomic mass is 32.2. The van der Waals surface area contributed by atoms with Crippen LogP contribution in [0.15, 0.2) is 148 Å². The molecular weight excluding hydrogens is 923 g/mol. The zero-order chi connectivity index (χ0) is 47.6. The second-order valence-corrected chi connectivity index (χ2v) is 22.0. The van der Waals surface area contributed by atoms with E-state index in [2.05, 4.69) is 147 Å². The number of allylic oxidation sites excluding steroid dienone is 2. The first kappa shape index (κ1) is 44.4. The summed E-state index contributed by atoms with van der Waals surface area (Å²) < 4.78 is 16.7. The van der Waals surface area contributed by atoms with Crippen LogP contribution in [-0.2, 0) is 16.1 Å². The van der Waals surface area contributed by atoms with Gasteiger partial charge >= 0.3 is 0 Å². The number of thioether (sulfide) groups is 2. The number of benzene rings is 4. The molecule has 7 aliphatic heterocycles. The Labute approximate surface area is 423 Å². The van der Waals surface area contributed by atoms with Crippen molar-refractivity contribution in [2.75, 3.05) is 47.1 Å². The van der Waals surface area contributed by atoms with Gasteiger partial charge in [0.1, 0.15) is 47.6 Å². The van der Waals surface area contributed by atoms with Gasteiger partial charge in [0.15, 0.2) is 11.6 Å². The standard InChI is InChI=1S/C58H55N7O4S2/c1-65-36-30-46-56(58(65)71-48-22-9-7-18-42(48)65)38-28-34-63(41-17-13-20-44(69-46)54(38)41)32-11-3-5-26-52(67)61-50-24-14-23-49(59-50)60-51(66)25-4-2-10-31-62-33-27-37-53-40(62)16-12-19-43(53)68-45-29-35-64-39-15-6-8-21-47(39)70-57(64)55(37)45/h6-9,12-24,27-28,33-34,45-46,58H,2-5,10-11,25-26,29-32,35-36H2,1H3/p+2/t45?,46?,58?,65-/m1/s1. The number of piperidine rings is 1. The maximum Gasteiger partial charge on any atom is 0.225 e. The third-order valence-corrected chi connectivity index (χ3v) is 18.2. The molecule has 13 rings (SSSR count). The minimum atomic E-state index is -0.0796. The number of rotatable bonds is 14. The quantitative estimate of drug-likeness (QED) is 0.0628. The summed E-state index contributed by atoms with van der Waals surface area (Å²) >= 11 is 3.85. The fraction of sp³-hybridized carbons (Fsp3) is 0.310. The number of pyridine rings is 2. The van der Waals surface area contributed by atoms with Crippen LogP contribution in [-0.4, -0.2) is 61.1 Å². The van der Waals surface area contributed by atoms with E-state index in [0.29, 0.717) is 29.9 Å². The number of nitrogens with zero attached hydrogens (tertiary/aromatic N) is 5. The highest BCUT2D eigenvalue weighted by Gasteiger charge is 2.54. The van der Waals surface area contributed by atoms with Gasteiger partial charge in [-0.3, -0.25) is 14.1 Å². The van der Waals surface area contributed by atoms with Gasteiger partial charge in [-0.2, -0.15) is 4.57 Å². The average Bonchev–Trinajstić information content (AvgIpc) is 3.92. The summed E-state index contributed by atoms with van der Waals surface area (Å²) in [5.41, 5.74) is 11.6. The van der Waals surface area contributed by atoms with E-state index in [1.54, 1.807) is 12.1 Å². The zero-order valence-electron chi connectivity index (χ0n) is 39.9. The molecule has 13 heteroatoms. The van der Waals surface area contributed by atoms with Gasteiger partial charge < -0.3 is 29.9 Å². The van der Waals surface area contributed by atoms with E-state index < -0.39 is 0 Å². The number of likely N-dealkylation sites (N-methyl/N-ethyl adjacent to an activating group) is 1. The minimum Gasteiger partial charge on any atom is -0.485 e. The second kappa shape index (κ2) is 18.3. The normalized spacial score (nSPS) is 21.6. The van der Waals surface area contributed by atoms with Crippen LogP contribution >= 0.6 is 23.5 Å². The molecule has 358 valence electrons. The Morgan fingerprint density at radius 1 is 0.761 bits per heavy atom. The highest BCUT2D eigenvalue weighted by Crippen LogP contribution is 2.58. The minimum absolute atomic E-state index is 0.0544. The maximum absolute atomic E-state index is 13.0. The predicted octanol–water partition coefficient (Wildman–Crippen LogP) is 11.7. The molecule has 1 fully saturated rings. The average molecular weight is 980 g/mol. The van der Waals surface area contributed by atoms with E-state index in [4.69, 9.17) is 9.47 Å². The molecule has 1 saturated heterocycles. The number of aromatic nitrogens is 2. The lowest BCUT2D eigenvalue weighted by Crippen LogP contribution is -2.58. The van der Waals surface area contributed by atoms with Crippen LogP contribution in [0.4, 0.5) is 28.7 Å². The number of fused-ring (bicyclic) bond motifs is 10. The number of hydrogen-bond acceptors (Lipinski definition) is 9. The molecular formula is C58H57N7O4S2+2. The Hall–Kier alpha value is -6.54. The van der Waals surface area contributed by atoms with Crippen molar-refractivity contribution in [3.05, 3.63) is 149 Å². The first-order valence-corrected chi connectivity index (χ1v) is 27.2. The van der Waals surface area contributed by atoms with Crippen LogP contribution in [0.5, 0.6) is 11.5 Å². The lowest BCUT2D eigenvalue weighted by atomic mass is 9.85. The number of anilines is 4. The predicted molar refractivity (Wildman–Crippen MR) is 286 cm³/mol. The zero-order valence-corrected chi connectivity index (χ0v) is 41.6. The Morgan fingerprint density at radius 2 is 1.49 bits per heavy atom. The molecule has 3 unspecified atom stereocenters. The number of aryl methyl sites for hydroxylation is 1. The number of carbonyl (C=O) groups excluding carboxylic acids is 2. The van der Waals surface area contributed by atoms with Gasteiger partial charge in [-0.05, 0) is 85.9 Å². The number of ether oxygens (including phenoxy) is 2. The summed E-state index contributed by atoms with van der Waals surface area (Å²) in [5.74, 6) is 2.67. The molecule has 6 aromatic rings. The monoisotopic (exact) mass is 979 g/mol. The summed E-state index contributed by atoms with van der Waals surface area (Å²) in [6.45, 7) is 3.72. The number of unbranched alkanes of at least 4 members (excludes halogenated alkanes) is 4. The molecule has 71 heavy (non-hydrogen) atoms. The Morgan fingerprint density at radius 3 is 2.35 bits per heavy atom. The number of para-hydroxylation sites is 2. The van der Waals surface area contributed by atoms with Crippen LogP contribution in [0.1, 0.15) is 75.3 Å². The molecule has 4 atom stereocenters. The van der Waals surface area contributed by atoms with Gasteiger partial charge in [-0.15, -0.1) is 0 Å². The van der Waals surface area contributed by atoms with Gasteiger partial charge in [0.2, 0.25) is 17.3 Å². The van der Waals surface area contributed by atoms with Crippen molar-refractivity contribution < 1.29 is 23.6 Å². The summed E-state index contributed by atoms with van der Waals surface area (Å²) in [6, 6.07) is 38.1. The van der Waals surface area contributed by atoms with Crippen molar-refractivity contribution in [1.29, 1.82) is 0 Å². The van der Waals surface area contributed by atoms with Gasteiger partial charge in [0.25, 0.3) is 0 Å². The fourth-order valence-corrected chi connectivity index (χ4v) is 15.0. The smallest absolute Gasteiger partial charge is 0.225 e. The Kier molecular flexibility index (Phi) is 11.4. The lowest BCUT2D eigenvalue weighted by Gasteiger charge is -2.46. The first-order chi connectivity index (χ1) is 34.9. The fourth-order valence-electron chi connectivity index (χ4n) is 12.0. The summed E-state index contributed by atoms with van der Waals surface area (Å²) in [5, 5.41) is 8.68. The molecule has 0 spiro atoms. The number of nitrogens with one attached hydrogen (secondary N) is 2. The number of amides is 2. The number of hydrogen-bond donors (Lipinski definition) is 2. The van der Waals surface area contributed by atoms with Crippen molar-refractivity contribution in [3.63, 3.8) is 0 Å². The van der Waals surface area contributed by atoms with Gasteiger partial charge in [0, 0.05) is 96.8 Å². The highest BCUT2D eigenvalue weighted by molar-refractivity contribution is 8.04. The van der Waals surface area contributed by atoms with Crippen molar-refractivity contribution in [3.8, 4) is 11.5 Å². The van der Waals surface area contributed by atoms with E-state index in [0.717, 1.165) is 93.5 Å². The molecule has 9 heterocycles. The Bertz CT molecular complexity index is 3260. The van der Waals surface area contributed by atoms with Crippen molar-refractivity contribution >= 4 is 86.1 Å². The molecule has 0 saturated carbocycles. The molecule has 11 nitrogen and oxygen atoms in total. The molecule has 7 aliphatic rings.